The number of carbonyl (C=O) groups is 1. The number of hydrogen-bond acceptors (Lipinski definition) is 7. The number of rotatable bonds is 7. The van der Waals surface area contributed by atoms with Crippen LogP contribution in [0.1, 0.15) is 45.0 Å². The van der Waals surface area contributed by atoms with Gasteiger partial charge >= 0.3 is 6.09 Å². The number of nitrogens with one attached hydrogen (secondary N) is 1. The van der Waals surface area contributed by atoms with Crippen molar-refractivity contribution >= 4 is 28.4 Å². The minimum atomic E-state index is -0.472. The topological polar surface area (TPSA) is 117 Å². The van der Waals surface area contributed by atoms with Crippen molar-refractivity contribution in [1.29, 1.82) is 0 Å². The number of nitrogens with two attached hydrogens (primary N) is 1. The van der Waals surface area contributed by atoms with E-state index in [1.54, 1.807) is 0 Å². The molecule has 2 aromatic heterocycles. The molecule has 2 aromatic carbocycles. The Morgan fingerprint density at radius 2 is 1.89 bits per heavy atom. The van der Waals surface area contributed by atoms with Crippen LogP contribution in [0.25, 0.3) is 22.2 Å². The largest absolute Gasteiger partial charge is 0.486 e. The van der Waals surface area contributed by atoms with E-state index < -0.39 is 6.09 Å². The summed E-state index contributed by atoms with van der Waals surface area (Å²) in [6, 6.07) is 14.0. The summed E-state index contributed by atoms with van der Waals surface area (Å²) >= 11 is 0. The first-order valence-electron chi connectivity index (χ1n) is 11.7. The Balaban J connectivity index is 1.47. The molecule has 1 fully saturated rings. The number of carbonyl (C=O) groups excluding carboxylic acids is 1. The van der Waals surface area contributed by atoms with Crippen LogP contribution in [0.4, 0.5) is 16.2 Å². The van der Waals surface area contributed by atoms with E-state index >= 15 is 0 Å². The van der Waals surface area contributed by atoms with Gasteiger partial charge in [-0.3, -0.25) is 5.32 Å². The van der Waals surface area contributed by atoms with Gasteiger partial charge < -0.3 is 19.8 Å². The number of ether oxygens (including phenoxy) is 2. The van der Waals surface area contributed by atoms with Crippen LogP contribution in [0.5, 0.6) is 5.75 Å². The SMILES string of the molecule is CC(C)OC(=O)Nc1ccc(-c2c(N)c3ccc(OCc4ncncn4)cc3n2C2CCC2)cc1. The predicted octanol–water partition coefficient (Wildman–Crippen LogP) is 5.34. The van der Waals surface area contributed by atoms with Gasteiger partial charge in [-0.2, -0.15) is 0 Å². The fraction of sp³-hybridized carbons (Fsp3) is 0.308. The van der Waals surface area contributed by atoms with Gasteiger partial charge in [0.15, 0.2) is 5.82 Å². The highest BCUT2D eigenvalue weighted by molar-refractivity contribution is 6.01. The first-order valence-corrected chi connectivity index (χ1v) is 11.7. The molecule has 1 saturated carbocycles. The summed E-state index contributed by atoms with van der Waals surface area (Å²) in [5.41, 5.74) is 11.1. The van der Waals surface area contributed by atoms with Crippen molar-refractivity contribution in [3.05, 3.63) is 60.9 Å². The fourth-order valence-electron chi connectivity index (χ4n) is 4.28. The molecule has 3 N–H and O–H groups in total. The van der Waals surface area contributed by atoms with Crippen molar-refractivity contribution in [3.8, 4) is 17.0 Å². The Morgan fingerprint density at radius 1 is 1.14 bits per heavy atom. The average molecular weight is 473 g/mol. The maximum Gasteiger partial charge on any atom is 0.411 e. The van der Waals surface area contributed by atoms with Crippen molar-refractivity contribution in [3.63, 3.8) is 0 Å². The molecular weight excluding hydrogens is 444 g/mol. The van der Waals surface area contributed by atoms with E-state index in [2.05, 4.69) is 24.8 Å². The van der Waals surface area contributed by atoms with E-state index in [1.165, 1.54) is 19.1 Å². The zero-order valence-corrected chi connectivity index (χ0v) is 19.8. The van der Waals surface area contributed by atoms with Crippen molar-refractivity contribution in [2.45, 2.75) is 51.9 Å². The fourth-order valence-corrected chi connectivity index (χ4v) is 4.28. The third-order valence-electron chi connectivity index (χ3n) is 6.12. The van der Waals surface area contributed by atoms with Gasteiger partial charge in [0.05, 0.1) is 23.0 Å². The van der Waals surface area contributed by atoms with Gasteiger partial charge in [-0.15, -0.1) is 0 Å². The Hall–Kier alpha value is -4.14. The highest BCUT2D eigenvalue weighted by Gasteiger charge is 2.27. The smallest absolute Gasteiger partial charge is 0.411 e. The van der Waals surface area contributed by atoms with E-state index in [0.717, 1.165) is 46.4 Å². The summed E-state index contributed by atoms with van der Waals surface area (Å²) in [5, 5.41) is 3.75. The van der Waals surface area contributed by atoms with E-state index in [1.807, 2.05) is 56.3 Å². The summed E-state index contributed by atoms with van der Waals surface area (Å²) in [6.45, 7) is 3.89. The quantitative estimate of drug-likeness (QED) is 0.373. The second-order valence-corrected chi connectivity index (χ2v) is 8.90. The van der Waals surface area contributed by atoms with Crippen molar-refractivity contribution < 1.29 is 14.3 Å². The van der Waals surface area contributed by atoms with Crippen LogP contribution in [0.15, 0.2) is 55.1 Å². The minimum absolute atomic E-state index is 0.182. The summed E-state index contributed by atoms with van der Waals surface area (Å²) in [5.74, 6) is 1.30. The van der Waals surface area contributed by atoms with E-state index in [0.29, 0.717) is 17.6 Å². The Bertz CT molecular complexity index is 1330. The van der Waals surface area contributed by atoms with Crippen LogP contribution >= 0.6 is 0 Å². The molecular formula is C26H28N6O3. The number of fused-ring (bicyclic) bond motifs is 1. The molecule has 1 aliphatic carbocycles. The molecule has 9 nitrogen and oxygen atoms in total. The minimum Gasteiger partial charge on any atom is -0.486 e. The Kier molecular flexibility index (Phi) is 6.22. The second kappa shape index (κ2) is 9.61. The van der Waals surface area contributed by atoms with Gasteiger partial charge in [0, 0.05) is 28.7 Å². The lowest BCUT2D eigenvalue weighted by Gasteiger charge is -2.30. The van der Waals surface area contributed by atoms with Crippen LogP contribution in [0, 0.1) is 0 Å². The normalized spacial score (nSPS) is 13.6. The van der Waals surface area contributed by atoms with Gasteiger partial charge in [0.25, 0.3) is 0 Å². The van der Waals surface area contributed by atoms with Crippen LogP contribution in [-0.4, -0.2) is 31.7 Å². The molecule has 9 heteroatoms. The molecule has 5 rings (SSSR count). The molecule has 0 aliphatic heterocycles. The molecule has 1 aliphatic rings. The number of nitrogen functional groups attached to an aromatic ring is 1. The Labute approximate surface area is 203 Å². The molecule has 0 radical (unpaired) electrons. The lowest BCUT2D eigenvalue weighted by Crippen LogP contribution is -2.18. The summed E-state index contributed by atoms with van der Waals surface area (Å²) in [7, 11) is 0. The molecule has 0 saturated heterocycles. The number of hydrogen-bond donors (Lipinski definition) is 2. The lowest BCUT2D eigenvalue weighted by atomic mass is 9.92. The van der Waals surface area contributed by atoms with Crippen LogP contribution in [0.3, 0.4) is 0 Å². The number of nitrogens with zero attached hydrogens (tertiary/aromatic N) is 4. The molecule has 0 spiro atoms. The van der Waals surface area contributed by atoms with E-state index in [-0.39, 0.29) is 12.7 Å². The highest BCUT2D eigenvalue weighted by atomic mass is 16.6. The maximum atomic E-state index is 11.9. The first kappa shape index (κ1) is 22.6. The molecule has 2 heterocycles. The van der Waals surface area contributed by atoms with Crippen molar-refractivity contribution in [1.82, 2.24) is 19.5 Å². The van der Waals surface area contributed by atoms with Gasteiger partial charge in [-0.1, -0.05) is 12.1 Å². The third-order valence-corrected chi connectivity index (χ3v) is 6.12. The zero-order valence-electron chi connectivity index (χ0n) is 19.8. The van der Waals surface area contributed by atoms with Gasteiger partial charge in [-0.05, 0) is 57.4 Å². The predicted molar refractivity (Wildman–Crippen MR) is 134 cm³/mol. The van der Waals surface area contributed by atoms with Gasteiger partial charge in [-0.25, -0.2) is 19.7 Å². The molecule has 0 atom stereocenters. The number of amides is 1. The molecule has 0 unspecified atom stereocenters. The van der Waals surface area contributed by atoms with E-state index in [9.17, 15) is 4.79 Å². The molecule has 1 amide bonds. The van der Waals surface area contributed by atoms with Gasteiger partial charge in [0.2, 0.25) is 0 Å². The summed E-state index contributed by atoms with van der Waals surface area (Å²) in [4.78, 5) is 24.0. The summed E-state index contributed by atoms with van der Waals surface area (Å²) in [6.07, 6.45) is 5.66. The number of aromatic nitrogens is 4. The maximum absolute atomic E-state index is 11.9. The number of anilines is 2. The monoisotopic (exact) mass is 472 g/mol. The second-order valence-electron chi connectivity index (χ2n) is 8.90. The molecule has 180 valence electrons. The van der Waals surface area contributed by atoms with Crippen molar-refractivity contribution in [2.24, 2.45) is 0 Å². The van der Waals surface area contributed by atoms with Crippen LogP contribution in [-0.2, 0) is 11.3 Å². The lowest BCUT2D eigenvalue weighted by molar-refractivity contribution is 0.130. The van der Waals surface area contributed by atoms with Crippen LogP contribution in [0.2, 0.25) is 0 Å². The highest BCUT2D eigenvalue weighted by Crippen LogP contribution is 2.45. The van der Waals surface area contributed by atoms with Crippen molar-refractivity contribution in [2.75, 3.05) is 11.1 Å². The molecule has 35 heavy (non-hydrogen) atoms. The summed E-state index contributed by atoms with van der Waals surface area (Å²) < 4.78 is 13.5. The van der Waals surface area contributed by atoms with E-state index in [4.69, 9.17) is 15.2 Å². The van der Waals surface area contributed by atoms with Gasteiger partial charge in [0.1, 0.15) is 25.0 Å². The average Bonchev–Trinajstić information content (AvgIpc) is 3.09. The standard InChI is InChI=1S/C26H28N6O3/c1-16(2)35-26(33)31-18-8-6-17(7-9-18)25-24(27)21-11-10-20(34-13-23-29-14-28-15-30-23)12-22(21)32(25)19-4-3-5-19/h6-12,14-16,19H,3-5,13,27H2,1-2H3,(H,31,33). The van der Waals surface area contributed by atoms with Crippen LogP contribution < -0.4 is 15.8 Å². The third kappa shape index (κ3) is 4.75. The number of benzene rings is 2. The molecule has 0 bridgehead atoms. The zero-order chi connectivity index (χ0) is 24.4. The Morgan fingerprint density at radius 3 is 2.54 bits per heavy atom. The molecule has 4 aromatic rings. The first-order chi connectivity index (χ1) is 17.0.